The van der Waals surface area contributed by atoms with E-state index in [1.807, 2.05) is 30.3 Å². The summed E-state index contributed by atoms with van der Waals surface area (Å²) in [7, 11) is 0. The average molecular weight is 299 g/mol. The molecular formula is C16H14FN3S. The molecule has 0 atom stereocenters. The average Bonchev–Trinajstić information content (AvgIpc) is 2.49. The largest absolute Gasteiger partial charge is 0.375 e. The predicted octanol–water partition coefficient (Wildman–Crippen LogP) is 3.08. The van der Waals surface area contributed by atoms with E-state index in [0.717, 1.165) is 5.56 Å². The molecule has 0 spiro atoms. The Morgan fingerprint density at radius 2 is 1.76 bits per heavy atom. The summed E-state index contributed by atoms with van der Waals surface area (Å²) in [6.45, 7) is 0. The fourth-order valence-corrected chi connectivity index (χ4v) is 1.75. The van der Waals surface area contributed by atoms with Crippen molar-refractivity contribution >= 4 is 29.1 Å². The molecule has 0 saturated carbocycles. The molecule has 3 nitrogen and oxygen atoms in total. The number of rotatable bonds is 4. The number of hydrogen-bond acceptors (Lipinski definition) is 2. The molecule has 0 unspecified atom stereocenters. The van der Waals surface area contributed by atoms with Crippen LogP contribution in [0.5, 0.6) is 0 Å². The van der Waals surface area contributed by atoms with E-state index in [4.69, 9.17) is 18.0 Å². The molecule has 0 fully saturated rings. The zero-order valence-electron chi connectivity index (χ0n) is 11.2. The summed E-state index contributed by atoms with van der Waals surface area (Å²) >= 11 is 4.74. The zero-order valence-corrected chi connectivity index (χ0v) is 12.0. The third kappa shape index (κ3) is 4.50. The Labute approximate surface area is 128 Å². The zero-order chi connectivity index (χ0) is 15.1. The minimum atomic E-state index is -0.288. The van der Waals surface area contributed by atoms with Gasteiger partial charge in [-0.05, 0) is 30.4 Å². The van der Waals surface area contributed by atoms with Crippen LogP contribution in [0.15, 0.2) is 65.8 Å². The van der Waals surface area contributed by atoms with Gasteiger partial charge >= 0.3 is 0 Å². The lowest BCUT2D eigenvalue weighted by atomic mass is 10.1. The first kappa shape index (κ1) is 14.9. The van der Waals surface area contributed by atoms with Crippen molar-refractivity contribution in [1.29, 1.82) is 0 Å². The highest BCUT2D eigenvalue weighted by atomic mass is 32.1. The number of benzene rings is 2. The van der Waals surface area contributed by atoms with Gasteiger partial charge < -0.3 is 5.73 Å². The second kappa shape index (κ2) is 7.31. The molecule has 21 heavy (non-hydrogen) atoms. The first-order valence-electron chi connectivity index (χ1n) is 6.28. The maximum atomic E-state index is 13.6. The number of thiocarbonyl (C=S) groups is 1. The number of hydrogen-bond donors (Lipinski definition) is 2. The summed E-state index contributed by atoms with van der Waals surface area (Å²) in [6.07, 6.45) is 3.36. The third-order valence-electron chi connectivity index (χ3n) is 2.68. The summed E-state index contributed by atoms with van der Waals surface area (Å²) in [5.74, 6) is -0.288. The van der Waals surface area contributed by atoms with Crippen LogP contribution < -0.4 is 11.2 Å². The summed E-state index contributed by atoms with van der Waals surface area (Å²) in [5, 5.41) is 4.20. The Hall–Kier alpha value is -2.53. The molecule has 0 aliphatic carbocycles. The molecule has 0 radical (unpaired) electrons. The molecule has 0 heterocycles. The lowest BCUT2D eigenvalue weighted by Crippen LogP contribution is -2.25. The van der Waals surface area contributed by atoms with E-state index in [-0.39, 0.29) is 10.9 Å². The molecule has 106 valence electrons. The molecule has 0 bridgehead atoms. The molecule has 0 aromatic heterocycles. The van der Waals surface area contributed by atoms with Crippen LogP contribution in [-0.4, -0.2) is 10.8 Å². The van der Waals surface area contributed by atoms with E-state index < -0.39 is 0 Å². The van der Waals surface area contributed by atoms with Crippen LogP contribution in [0, 0.1) is 5.82 Å². The van der Waals surface area contributed by atoms with Gasteiger partial charge in [-0.15, -0.1) is 0 Å². The summed E-state index contributed by atoms with van der Waals surface area (Å²) in [6, 6.07) is 16.0. The lowest BCUT2D eigenvalue weighted by molar-refractivity contribution is 0.625. The van der Waals surface area contributed by atoms with Gasteiger partial charge in [-0.1, -0.05) is 48.5 Å². The Morgan fingerprint density at radius 3 is 2.43 bits per heavy atom. The first-order valence-corrected chi connectivity index (χ1v) is 6.69. The van der Waals surface area contributed by atoms with Crippen LogP contribution in [0.1, 0.15) is 11.1 Å². The molecule has 2 aromatic rings. The standard InChI is InChI=1S/C16H14FN3S/c17-14-9-5-4-6-12(14)10-11-15(19-20-16(18)21)13-7-2-1-3-8-13/h1-11H,(H3,18,20,21)/b11-10+,19-15-. The molecule has 2 aromatic carbocycles. The fraction of sp³-hybridized carbons (Fsp3) is 0. The maximum absolute atomic E-state index is 13.6. The Balaban J connectivity index is 2.31. The van der Waals surface area contributed by atoms with Crippen LogP contribution in [0.2, 0.25) is 0 Å². The van der Waals surface area contributed by atoms with E-state index in [0.29, 0.717) is 11.3 Å². The van der Waals surface area contributed by atoms with Crippen molar-refractivity contribution in [3.63, 3.8) is 0 Å². The monoisotopic (exact) mass is 299 g/mol. The number of hydrazone groups is 1. The van der Waals surface area contributed by atoms with Crippen molar-refractivity contribution in [2.45, 2.75) is 0 Å². The smallest absolute Gasteiger partial charge is 0.184 e. The van der Waals surface area contributed by atoms with Crippen molar-refractivity contribution in [3.8, 4) is 0 Å². The topological polar surface area (TPSA) is 50.4 Å². The second-order valence-corrected chi connectivity index (χ2v) is 4.63. The van der Waals surface area contributed by atoms with Crippen LogP contribution in [0.25, 0.3) is 6.08 Å². The normalized spacial score (nSPS) is 11.6. The van der Waals surface area contributed by atoms with Gasteiger partial charge in [-0.3, -0.25) is 5.43 Å². The van der Waals surface area contributed by atoms with Gasteiger partial charge in [-0.2, -0.15) is 5.10 Å². The van der Waals surface area contributed by atoms with Crippen LogP contribution in [0.3, 0.4) is 0 Å². The molecule has 0 aliphatic heterocycles. The van der Waals surface area contributed by atoms with Gasteiger partial charge in [0.2, 0.25) is 0 Å². The van der Waals surface area contributed by atoms with E-state index in [2.05, 4.69) is 10.5 Å². The van der Waals surface area contributed by atoms with E-state index in [1.165, 1.54) is 6.07 Å². The van der Waals surface area contributed by atoms with Crippen molar-refractivity contribution < 1.29 is 4.39 Å². The highest BCUT2D eigenvalue weighted by Gasteiger charge is 2.01. The summed E-state index contributed by atoms with van der Waals surface area (Å²) in [4.78, 5) is 0. The van der Waals surface area contributed by atoms with Crippen LogP contribution >= 0.6 is 12.2 Å². The number of nitrogens with one attached hydrogen (secondary N) is 1. The number of halogens is 1. The van der Waals surface area contributed by atoms with Crippen molar-refractivity contribution in [2.75, 3.05) is 0 Å². The van der Waals surface area contributed by atoms with Crippen LogP contribution in [-0.2, 0) is 0 Å². The Morgan fingerprint density at radius 1 is 1.10 bits per heavy atom. The van der Waals surface area contributed by atoms with Gasteiger partial charge in [0.05, 0.1) is 5.71 Å². The summed E-state index contributed by atoms with van der Waals surface area (Å²) < 4.78 is 13.6. The van der Waals surface area contributed by atoms with Gasteiger partial charge in [0.25, 0.3) is 0 Å². The molecule has 0 amide bonds. The second-order valence-electron chi connectivity index (χ2n) is 4.19. The maximum Gasteiger partial charge on any atom is 0.184 e. The van der Waals surface area contributed by atoms with Gasteiger partial charge in [0, 0.05) is 11.1 Å². The molecule has 3 N–H and O–H groups in total. The lowest BCUT2D eigenvalue weighted by Gasteiger charge is -2.03. The fourth-order valence-electron chi connectivity index (χ4n) is 1.70. The SMILES string of the molecule is NC(=S)N/N=C(/C=C/c1ccccc1F)c1ccccc1. The quantitative estimate of drug-likeness (QED) is 0.518. The highest BCUT2D eigenvalue weighted by molar-refractivity contribution is 7.80. The van der Waals surface area contributed by atoms with Crippen molar-refractivity contribution in [3.05, 3.63) is 77.6 Å². The Bertz CT molecular complexity index is 681. The highest BCUT2D eigenvalue weighted by Crippen LogP contribution is 2.10. The summed E-state index contributed by atoms with van der Waals surface area (Å²) in [5.41, 5.74) is 9.88. The van der Waals surface area contributed by atoms with Gasteiger partial charge in [-0.25, -0.2) is 4.39 Å². The van der Waals surface area contributed by atoms with Crippen molar-refractivity contribution in [2.24, 2.45) is 10.8 Å². The van der Waals surface area contributed by atoms with E-state index in [9.17, 15) is 4.39 Å². The first-order chi connectivity index (χ1) is 10.2. The molecular weight excluding hydrogens is 285 g/mol. The van der Waals surface area contributed by atoms with Gasteiger partial charge in [0.1, 0.15) is 5.82 Å². The minimum absolute atomic E-state index is 0.0720. The minimum Gasteiger partial charge on any atom is -0.375 e. The van der Waals surface area contributed by atoms with Gasteiger partial charge in [0.15, 0.2) is 5.11 Å². The van der Waals surface area contributed by atoms with Crippen LogP contribution in [0.4, 0.5) is 4.39 Å². The number of allylic oxidation sites excluding steroid dienone is 1. The van der Waals surface area contributed by atoms with E-state index >= 15 is 0 Å². The Kier molecular flexibility index (Phi) is 5.17. The number of nitrogens with zero attached hydrogens (tertiary/aromatic N) is 1. The molecule has 0 aliphatic rings. The molecule has 0 saturated heterocycles. The molecule has 2 rings (SSSR count). The van der Waals surface area contributed by atoms with Crippen molar-refractivity contribution in [1.82, 2.24) is 5.43 Å². The third-order valence-corrected chi connectivity index (χ3v) is 2.77. The number of nitrogens with two attached hydrogens (primary N) is 1. The predicted molar refractivity (Wildman–Crippen MR) is 88.3 cm³/mol. The van der Waals surface area contributed by atoms with E-state index in [1.54, 1.807) is 30.4 Å². The molecule has 5 heteroatoms.